The highest BCUT2D eigenvalue weighted by molar-refractivity contribution is 7.94. The molecule has 8 heteroatoms. The van der Waals surface area contributed by atoms with Crippen LogP contribution in [-0.4, -0.2) is 44.2 Å². The van der Waals surface area contributed by atoms with Crippen molar-refractivity contribution in [1.29, 1.82) is 5.26 Å². The van der Waals surface area contributed by atoms with E-state index in [2.05, 4.69) is 21.3 Å². The number of amides is 1. The molecule has 7 nitrogen and oxygen atoms in total. The summed E-state index contributed by atoms with van der Waals surface area (Å²) in [7, 11) is -3.12. The Morgan fingerprint density at radius 2 is 2.16 bits per heavy atom. The molecule has 25 heavy (non-hydrogen) atoms. The molecule has 0 bridgehead atoms. The number of anilines is 1. The lowest BCUT2D eigenvalue weighted by Gasteiger charge is -2.33. The molecule has 0 saturated carbocycles. The van der Waals surface area contributed by atoms with Crippen molar-refractivity contribution in [3.05, 3.63) is 35.4 Å². The molecule has 0 aliphatic carbocycles. The summed E-state index contributed by atoms with van der Waals surface area (Å²) in [5.74, 6) is 0.378. The summed E-state index contributed by atoms with van der Waals surface area (Å²) in [6.07, 6.45) is 5.02. The largest absolute Gasteiger partial charge is 0.355 e. The van der Waals surface area contributed by atoms with E-state index in [0.29, 0.717) is 24.5 Å². The molecule has 1 saturated heterocycles. The van der Waals surface area contributed by atoms with Crippen LogP contribution in [0.25, 0.3) is 0 Å². The Balaban J connectivity index is 1.49. The number of rotatable bonds is 4. The van der Waals surface area contributed by atoms with E-state index in [4.69, 9.17) is 0 Å². The molecule has 1 N–H and O–H groups in total. The van der Waals surface area contributed by atoms with Crippen molar-refractivity contribution in [2.24, 2.45) is 5.92 Å². The molecule has 3 rings (SSSR count). The van der Waals surface area contributed by atoms with Gasteiger partial charge in [-0.15, -0.1) is 0 Å². The Morgan fingerprint density at radius 1 is 1.40 bits per heavy atom. The number of aromatic nitrogens is 1. The van der Waals surface area contributed by atoms with Gasteiger partial charge in [-0.2, -0.15) is 5.26 Å². The number of carbonyl (C=O) groups is 1. The molecule has 0 aromatic carbocycles. The van der Waals surface area contributed by atoms with Crippen LogP contribution < -0.4 is 10.2 Å². The first kappa shape index (κ1) is 17.4. The van der Waals surface area contributed by atoms with Crippen LogP contribution in [-0.2, 0) is 14.6 Å². The minimum Gasteiger partial charge on any atom is -0.355 e. The lowest BCUT2D eigenvalue weighted by molar-refractivity contribution is -0.122. The Bertz CT molecular complexity index is 821. The number of sulfone groups is 1. The smallest absolute Gasteiger partial charge is 0.220 e. The van der Waals surface area contributed by atoms with Gasteiger partial charge < -0.3 is 10.2 Å². The zero-order chi connectivity index (χ0) is 17.9. The molecule has 1 aromatic heterocycles. The number of hydrogen-bond acceptors (Lipinski definition) is 6. The third kappa shape index (κ3) is 4.37. The zero-order valence-corrected chi connectivity index (χ0v) is 14.6. The Labute approximate surface area is 147 Å². The maximum absolute atomic E-state index is 12.1. The van der Waals surface area contributed by atoms with Crippen molar-refractivity contribution in [2.45, 2.75) is 25.3 Å². The summed E-state index contributed by atoms with van der Waals surface area (Å²) < 4.78 is 22.8. The van der Waals surface area contributed by atoms with Crippen LogP contribution >= 0.6 is 0 Å². The fourth-order valence-electron chi connectivity index (χ4n) is 3.26. The summed E-state index contributed by atoms with van der Waals surface area (Å²) in [4.78, 5) is 18.5. The zero-order valence-electron chi connectivity index (χ0n) is 13.8. The van der Waals surface area contributed by atoms with Crippen LogP contribution in [0.2, 0.25) is 0 Å². The second-order valence-electron chi connectivity index (χ2n) is 6.44. The Kier molecular flexibility index (Phi) is 5.04. The minimum absolute atomic E-state index is 0.0233. The molecule has 3 heterocycles. The van der Waals surface area contributed by atoms with E-state index >= 15 is 0 Å². The maximum atomic E-state index is 12.1. The van der Waals surface area contributed by atoms with Crippen LogP contribution in [0.4, 0.5) is 5.82 Å². The molecule has 1 amide bonds. The maximum Gasteiger partial charge on any atom is 0.220 e. The van der Waals surface area contributed by atoms with Gasteiger partial charge in [0.1, 0.15) is 11.9 Å². The molecule has 2 aliphatic heterocycles. The predicted octanol–water partition coefficient (Wildman–Crippen LogP) is 0.987. The number of pyridine rings is 1. The van der Waals surface area contributed by atoms with E-state index in [1.165, 1.54) is 5.41 Å². The average Bonchev–Trinajstić information content (AvgIpc) is 2.94. The van der Waals surface area contributed by atoms with E-state index in [0.717, 1.165) is 12.8 Å². The van der Waals surface area contributed by atoms with Crippen molar-refractivity contribution in [2.75, 3.05) is 23.7 Å². The van der Waals surface area contributed by atoms with Crippen molar-refractivity contribution in [1.82, 2.24) is 10.3 Å². The van der Waals surface area contributed by atoms with Crippen molar-refractivity contribution < 1.29 is 13.2 Å². The normalized spacial score (nSPS) is 22.5. The molecule has 0 unspecified atom stereocenters. The highest BCUT2D eigenvalue weighted by atomic mass is 32.2. The van der Waals surface area contributed by atoms with E-state index in [-0.39, 0.29) is 30.0 Å². The number of carbonyl (C=O) groups excluding carboxylic acids is 1. The lowest BCUT2D eigenvalue weighted by Crippen LogP contribution is -2.45. The molecule has 2 aliphatic rings. The number of allylic oxidation sites excluding steroid dienone is 1. The van der Waals surface area contributed by atoms with Crippen LogP contribution in [0.1, 0.15) is 24.8 Å². The van der Waals surface area contributed by atoms with Gasteiger partial charge in [-0.05, 0) is 25.0 Å². The van der Waals surface area contributed by atoms with Gasteiger partial charge in [0.15, 0.2) is 9.84 Å². The number of nitrogens with zero attached hydrogens (tertiary/aromatic N) is 3. The van der Waals surface area contributed by atoms with Crippen LogP contribution in [0.3, 0.4) is 0 Å². The first-order valence-corrected chi connectivity index (χ1v) is 9.99. The van der Waals surface area contributed by atoms with Crippen LogP contribution in [0, 0.1) is 17.2 Å². The van der Waals surface area contributed by atoms with Gasteiger partial charge >= 0.3 is 0 Å². The monoisotopic (exact) mass is 360 g/mol. The molecule has 1 atom stereocenters. The van der Waals surface area contributed by atoms with Crippen LogP contribution in [0.5, 0.6) is 0 Å². The molecular formula is C17H20N4O3S. The summed E-state index contributed by atoms with van der Waals surface area (Å²) in [6.45, 7) is 1.43. The number of nitrogens with one attached hydrogen (secondary N) is 1. The second-order valence-corrected chi connectivity index (χ2v) is 8.37. The highest BCUT2D eigenvalue weighted by Crippen LogP contribution is 2.22. The highest BCUT2D eigenvalue weighted by Gasteiger charge is 2.26. The number of hydrogen-bond donors (Lipinski definition) is 1. The van der Waals surface area contributed by atoms with Crippen molar-refractivity contribution in [3.8, 4) is 6.07 Å². The molecular weight excluding hydrogens is 340 g/mol. The van der Waals surface area contributed by atoms with E-state index in [1.54, 1.807) is 24.4 Å². The third-order valence-corrected chi connectivity index (χ3v) is 5.98. The van der Waals surface area contributed by atoms with Gasteiger partial charge in [0, 0.05) is 43.1 Å². The van der Waals surface area contributed by atoms with Crippen LogP contribution in [0.15, 0.2) is 29.8 Å². The Morgan fingerprint density at radius 3 is 2.80 bits per heavy atom. The van der Waals surface area contributed by atoms with Gasteiger partial charge in [0.2, 0.25) is 5.91 Å². The minimum atomic E-state index is -3.12. The topological polar surface area (TPSA) is 103 Å². The van der Waals surface area contributed by atoms with E-state index in [1.807, 2.05) is 0 Å². The first-order valence-electron chi connectivity index (χ1n) is 8.27. The number of piperidine rings is 1. The summed E-state index contributed by atoms with van der Waals surface area (Å²) in [5.41, 5.74) is 0.555. The summed E-state index contributed by atoms with van der Waals surface area (Å²) in [6, 6.07) is 5.72. The van der Waals surface area contributed by atoms with Gasteiger partial charge in [-0.1, -0.05) is 6.08 Å². The van der Waals surface area contributed by atoms with E-state index in [9.17, 15) is 18.5 Å². The fraction of sp³-hybridized carbons (Fsp3) is 0.471. The average molecular weight is 360 g/mol. The molecule has 0 spiro atoms. The number of nitriles is 1. The SMILES string of the molecule is N#Cc1cccnc1N1CCC(NC(=O)C[C@H]2C=CS(=O)(=O)C2)CC1. The summed E-state index contributed by atoms with van der Waals surface area (Å²) >= 11 is 0. The molecule has 132 valence electrons. The molecule has 1 fully saturated rings. The standard InChI is InChI=1S/C17H20N4O3S/c18-11-14-2-1-6-19-17(14)21-7-3-15(4-8-21)20-16(22)10-13-5-9-25(23,24)12-13/h1-2,5-6,9,13,15H,3-4,7-8,10,12H2,(H,20,22)/t13-/m1/s1. The summed E-state index contributed by atoms with van der Waals surface area (Å²) in [5, 5.41) is 13.4. The molecule has 1 aromatic rings. The quantitative estimate of drug-likeness (QED) is 0.859. The van der Waals surface area contributed by atoms with Gasteiger partial charge in [0.25, 0.3) is 0 Å². The van der Waals surface area contributed by atoms with Gasteiger partial charge in [-0.25, -0.2) is 13.4 Å². The van der Waals surface area contributed by atoms with Gasteiger partial charge in [-0.3, -0.25) is 4.79 Å². The molecule has 0 radical (unpaired) electrons. The Hall–Kier alpha value is -2.40. The third-order valence-electron chi connectivity index (χ3n) is 4.52. The van der Waals surface area contributed by atoms with E-state index < -0.39 is 9.84 Å². The predicted molar refractivity (Wildman–Crippen MR) is 93.4 cm³/mol. The van der Waals surface area contributed by atoms with Crippen molar-refractivity contribution in [3.63, 3.8) is 0 Å². The second kappa shape index (κ2) is 7.23. The first-order chi connectivity index (χ1) is 12.0. The fourth-order valence-corrected chi connectivity index (χ4v) is 4.66. The van der Waals surface area contributed by atoms with Crippen molar-refractivity contribution >= 4 is 21.6 Å². The lowest BCUT2D eigenvalue weighted by atomic mass is 10.0. The van der Waals surface area contributed by atoms with Gasteiger partial charge in [0.05, 0.1) is 11.3 Å².